The highest BCUT2D eigenvalue weighted by atomic mass is 32.1. The first kappa shape index (κ1) is 12.3. The number of nitrogens with zero attached hydrogens (tertiary/aromatic N) is 1. The molecule has 90 valence electrons. The topological polar surface area (TPSA) is 24.9 Å². The van der Waals surface area contributed by atoms with Crippen LogP contribution in [0.4, 0.5) is 0 Å². The normalized spacial score (nSPS) is 12.6. The fraction of sp³-hybridized carbons (Fsp3) is 0.357. The smallest absolute Gasteiger partial charge is 0.0898 e. The SMILES string of the molecule is CCc1ccc(C(NC)c2csc(C)n2)cc1. The van der Waals surface area contributed by atoms with Crippen molar-refractivity contribution in [3.63, 3.8) is 0 Å². The predicted octanol–water partition coefficient (Wildman–Crippen LogP) is 3.32. The van der Waals surface area contributed by atoms with Crippen molar-refractivity contribution >= 4 is 11.3 Å². The average Bonchev–Trinajstić information content (AvgIpc) is 2.78. The molecular weight excluding hydrogens is 228 g/mol. The largest absolute Gasteiger partial charge is 0.308 e. The van der Waals surface area contributed by atoms with E-state index in [4.69, 9.17) is 0 Å². The van der Waals surface area contributed by atoms with Gasteiger partial charge in [0, 0.05) is 5.38 Å². The van der Waals surface area contributed by atoms with Crippen LogP contribution < -0.4 is 5.32 Å². The molecule has 0 spiro atoms. The molecule has 2 aromatic rings. The Morgan fingerprint density at radius 2 is 2.00 bits per heavy atom. The molecule has 0 radical (unpaired) electrons. The molecule has 1 heterocycles. The molecule has 3 heteroatoms. The highest BCUT2D eigenvalue weighted by Crippen LogP contribution is 2.23. The van der Waals surface area contributed by atoms with E-state index in [0.29, 0.717) is 0 Å². The van der Waals surface area contributed by atoms with Crippen molar-refractivity contribution in [3.05, 3.63) is 51.5 Å². The van der Waals surface area contributed by atoms with Gasteiger partial charge >= 0.3 is 0 Å². The summed E-state index contributed by atoms with van der Waals surface area (Å²) in [6.07, 6.45) is 1.08. The molecule has 1 aromatic heterocycles. The van der Waals surface area contributed by atoms with Gasteiger partial charge in [-0.15, -0.1) is 11.3 Å². The molecule has 1 atom stereocenters. The lowest BCUT2D eigenvalue weighted by atomic mass is 10.0. The summed E-state index contributed by atoms with van der Waals surface area (Å²) in [5, 5.41) is 6.57. The number of benzene rings is 1. The van der Waals surface area contributed by atoms with Gasteiger partial charge in [-0.3, -0.25) is 0 Å². The Hall–Kier alpha value is -1.19. The van der Waals surface area contributed by atoms with E-state index in [2.05, 4.69) is 46.9 Å². The maximum Gasteiger partial charge on any atom is 0.0898 e. The number of nitrogens with one attached hydrogen (secondary N) is 1. The summed E-state index contributed by atoms with van der Waals surface area (Å²) in [5.74, 6) is 0. The van der Waals surface area contributed by atoms with Gasteiger partial charge in [0.2, 0.25) is 0 Å². The lowest BCUT2D eigenvalue weighted by Gasteiger charge is -2.14. The van der Waals surface area contributed by atoms with E-state index in [1.165, 1.54) is 11.1 Å². The quantitative estimate of drug-likeness (QED) is 0.895. The van der Waals surface area contributed by atoms with Crippen LogP contribution in [0.15, 0.2) is 29.6 Å². The van der Waals surface area contributed by atoms with Crippen molar-refractivity contribution in [2.75, 3.05) is 7.05 Å². The molecule has 0 aliphatic heterocycles. The molecule has 0 bridgehead atoms. The first-order chi connectivity index (χ1) is 8.24. The highest BCUT2D eigenvalue weighted by Gasteiger charge is 2.14. The fourth-order valence-electron chi connectivity index (χ4n) is 1.94. The number of thiazole rings is 1. The van der Waals surface area contributed by atoms with Crippen LogP contribution in [0.25, 0.3) is 0 Å². The summed E-state index contributed by atoms with van der Waals surface area (Å²) >= 11 is 1.70. The van der Waals surface area contributed by atoms with Gasteiger partial charge in [0.25, 0.3) is 0 Å². The Bertz CT molecular complexity index is 473. The first-order valence-corrected chi connectivity index (χ1v) is 6.80. The summed E-state index contributed by atoms with van der Waals surface area (Å²) in [4.78, 5) is 4.56. The van der Waals surface area contributed by atoms with Crippen LogP contribution in [0.5, 0.6) is 0 Å². The third kappa shape index (κ3) is 2.73. The third-order valence-corrected chi connectivity index (χ3v) is 3.73. The van der Waals surface area contributed by atoms with Gasteiger partial charge in [-0.05, 0) is 31.5 Å². The van der Waals surface area contributed by atoms with E-state index >= 15 is 0 Å². The first-order valence-electron chi connectivity index (χ1n) is 5.92. The van der Waals surface area contributed by atoms with Crippen molar-refractivity contribution in [1.82, 2.24) is 10.3 Å². The minimum Gasteiger partial charge on any atom is -0.308 e. The summed E-state index contributed by atoms with van der Waals surface area (Å²) in [5.41, 5.74) is 3.76. The van der Waals surface area contributed by atoms with Gasteiger partial charge in [-0.25, -0.2) is 4.98 Å². The number of hydrogen-bond donors (Lipinski definition) is 1. The Kier molecular flexibility index (Phi) is 3.92. The molecule has 0 aliphatic carbocycles. The Morgan fingerprint density at radius 3 is 2.47 bits per heavy atom. The Morgan fingerprint density at radius 1 is 1.29 bits per heavy atom. The molecular formula is C14H18N2S. The maximum absolute atomic E-state index is 4.56. The van der Waals surface area contributed by atoms with Gasteiger partial charge in [-0.2, -0.15) is 0 Å². The van der Waals surface area contributed by atoms with Gasteiger partial charge < -0.3 is 5.32 Å². The van der Waals surface area contributed by atoms with Crippen LogP contribution in [0.3, 0.4) is 0 Å². The molecule has 0 saturated heterocycles. The van der Waals surface area contributed by atoms with Gasteiger partial charge in [0.05, 0.1) is 16.7 Å². The van der Waals surface area contributed by atoms with Crippen molar-refractivity contribution < 1.29 is 0 Å². The lowest BCUT2D eigenvalue weighted by molar-refractivity contribution is 0.673. The van der Waals surface area contributed by atoms with Crippen molar-refractivity contribution in [2.45, 2.75) is 26.3 Å². The zero-order valence-electron chi connectivity index (χ0n) is 10.5. The van der Waals surface area contributed by atoms with Gasteiger partial charge in [-0.1, -0.05) is 31.2 Å². The maximum atomic E-state index is 4.56. The summed E-state index contributed by atoms with van der Waals surface area (Å²) in [6, 6.07) is 8.96. The summed E-state index contributed by atoms with van der Waals surface area (Å²) in [6.45, 7) is 4.22. The summed E-state index contributed by atoms with van der Waals surface area (Å²) < 4.78 is 0. The molecule has 17 heavy (non-hydrogen) atoms. The van der Waals surface area contributed by atoms with E-state index in [-0.39, 0.29) is 6.04 Å². The van der Waals surface area contributed by atoms with E-state index in [1.54, 1.807) is 11.3 Å². The van der Waals surface area contributed by atoms with Crippen LogP contribution in [0.1, 0.15) is 34.8 Å². The average molecular weight is 246 g/mol. The van der Waals surface area contributed by atoms with E-state index in [9.17, 15) is 0 Å². The second-order valence-corrected chi connectivity index (χ2v) is 5.17. The lowest BCUT2D eigenvalue weighted by Crippen LogP contribution is -2.18. The fourth-order valence-corrected chi connectivity index (χ4v) is 2.58. The zero-order chi connectivity index (χ0) is 12.3. The van der Waals surface area contributed by atoms with Gasteiger partial charge in [0.15, 0.2) is 0 Å². The number of aryl methyl sites for hydroxylation is 2. The molecule has 2 nitrogen and oxygen atoms in total. The molecule has 1 aromatic carbocycles. The van der Waals surface area contributed by atoms with Crippen molar-refractivity contribution in [3.8, 4) is 0 Å². The molecule has 1 N–H and O–H groups in total. The van der Waals surface area contributed by atoms with Crippen molar-refractivity contribution in [2.24, 2.45) is 0 Å². The second-order valence-electron chi connectivity index (χ2n) is 4.11. The van der Waals surface area contributed by atoms with E-state index in [0.717, 1.165) is 17.1 Å². The Labute approximate surface area is 107 Å². The van der Waals surface area contributed by atoms with Crippen molar-refractivity contribution in [1.29, 1.82) is 0 Å². The van der Waals surface area contributed by atoms with E-state index < -0.39 is 0 Å². The monoisotopic (exact) mass is 246 g/mol. The molecule has 2 rings (SSSR count). The van der Waals surface area contributed by atoms with Crippen LogP contribution in [-0.2, 0) is 6.42 Å². The highest BCUT2D eigenvalue weighted by molar-refractivity contribution is 7.09. The molecule has 0 amide bonds. The summed E-state index contributed by atoms with van der Waals surface area (Å²) in [7, 11) is 1.98. The number of aromatic nitrogens is 1. The number of hydrogen-bond acceptors (Lipinski definition) is 3. The van der Waals surface area contributed by atoms with Crippen LogP contribution >= 0.6 is 11.3 Å². The minimum atomic E-state index is 0.200. The van der Waals surface area contributed by atoms with E-state index in [1.807, 2.05) is 14.0 Å². The van der Waals surface area contributed by atoms with Crippen LogP contribution in [0, 0.1) is 6.92 Å². The van der Waals surface area contributed by atoms with Gasteiger partial charge in [0.1, 0.15) is 0 Å². The Balaban J connectivity index is 2.28. The molecule has 0 saturated carbocycles. The van der Waals surface area contributed by atoms with Crippen LogP contribution in [-0.4, -0.2) is 12.0 Å². The van der Waals surface area contributed by atoms with Crippen LogP contribution in [0.2, 0.25) is 0 Å². The standard InChI is InChI=1S/C14H18N2S/c1-4-11-5-7-12(8-6-11)14(15-3)13-9-17-10(2)16-13/h5-9,14-15H,4H2,1-3H3. The zero-order valence-corrected chi connectivity index (χ0v) is 11.3. The predicted molar refractivity (Wildman–Crippen MR) is 73.6 cm³/mol. The minimum absolute atomic E-state index is 0.200. The third-order valence-electron chi connectivity index (χ3n) is 2.94. The number of rotatable bonds is 4. The molecule has 0 aliphatic rings. The second kappa shape index (κ2) is 5.43. The molecule has 1 unspecified atom stereocenters. The molecule has 0 fully saturated rings.